The maximum Gasteiger partial charge on any atom is 0.271 e. The second-order valence-corrected chi connectivity index (χ2v) is 6.69. The molecule has 0 saturated carbocycles. The number of nitrogens with one attached hydrogen (secondary N) is 2. The van der Waals surface area contributed by atoms with Crippen LogP contribution in [0.25, 0.3) is 21.5 Å². The van der Waals surface area contributed by atoms with E-state index in [0.29, 0.717) is 11.3 Å². The number of hydrazone groups is 1. The van der Waals surface area contributed by atoms with E-state index in [9.17, 15) is 9.59 Å². The predicted octanol–water partition coefficient (Wildman–Crippen LogP) is 4.72. The summed E-state index contributed by atoms with van der Waals surface area (Å²) in [7, 11) is 0. The number of nitrogens with zero attached hydrogens (tertiary/aromatic N) is 1. The fourth-order valence-electron chi connectivity index (χ4n) is 3.35. The average molecular weight is 381 g/mol. The minimum atomic E-state index is -0.349. The van der Waals surface area contributed by atoms with Gasteiger partial charge in [0.05, 0.1) is 6.21 Å². The number of rotatable bonds is 4. The Kier molecular flexibility index (Phi) is 5.03. The molecule has 4 rings (SSSR count). The van der Waals surface area contributed by atoms with Crippen molar-refractivity contribution in [2.24, 2.45) is 5.10 Å². The third kappa shape index (κ3) is 3.99. The Balaban J connectivity index is 1.63. The number of fused-ring (bicyclic) bond motifs is 2. The number of benzene rings is 4. The molecule has 0 aromatic heterocycles. The smallest absolute Gasteiger partial charge is 0.271 e. The summed E-state index contributed by atoms with van der Waals surface area (Å²) in [4.78, 5) is 23.7. The third-order valence-corrected chi connectivity index (χ3v) is 4.62. The molecule has 0 heterocycles. The molecule has 0 radical (unpaired) electrons. The van der Waals surface area contributed by atoms with Crippen LogP contribution in [-0.2, 0) is 4.79 Å². The van der Waals surface area contributed by atoms with Gasteiger partial charge in [-0.2, -0.15) is 5.10 Å². The average Bonchev–Trinajstić information content (AvgIpc) is 2.73. The van der Waals surface area contributed by atoms with Crippen LogP contribution >= 0.6 is 0 Å². The van der Waals surface area contributed by atoms with Crippen molar-refractivity contribution in [3.05, 3.63) is 90.0 Å². The van der Waals surface area contributed by atoms with Crippen LogP contribution in [0.3, 0.4) is 0 Å². The standard InChI is InChI=1S/C24H19N3O2/c1-16(28)26-20-10-6-9-19(14-20)24(29)27-25-15-23-21-11-4-2-7-17(21)13-18-8-3-5-12-22(18)23/h2-15H,1H3,(H,26,28)(H,27,29)/b25-15+. The summed E-state index contributed by atoms with van der Waals surface area (Å²) in [5.41, 5.74) is 4.50. The maximum atomic E-state index is 12.5. The summed E-state index contributed by atoms with van der Waals surface area (Å²) in [6.07, 6.45) is 1.68. The van der Waals surface area contributed by atoms with Crippen molar-refractivity contribution in [2.75, 3.05) is 5.32 Å². The summed E-state index contributed by atoms with van der Waals surface area (Å²) in [5.74, 6) is -0.540. The first kappa shape index (κ1) is 18.4. The van der Waals surface area contributed by atoms with E-state index in [1.54, 1.807) is 30.5 Å². The Morgan fingerprint density at radius 2 is 1.48 bits per heavy atom. The Bertz CT molecular complexity index is 1210. The van der Waals surface area contributed by atoms with Crippen molar-refractivity contribution in [3.8, 4) is 0 Å². The summed E-state index contributed by atoms with van der Waals surface area (Å²) in [6.45, 7) is 1.42. The first-order valence-electron chi connectivity index (χ1n) is 9.23. The normalized spacial score (nSPS) is 11.1. The van der Waals surface area contributed by atoms with E-state index in [0.717, 1.165) is 27.1 Å². The van der Waals surface area contributed by atoms with Crippen molar-refractivity contribution in [1.29, 1.82) is 0 Å². The second kappa shape index (κ2) is 7.94. The minimum absolute atomic E-state index is 0.191. The van der Waals surface area contributed by atoms with Crippen LogP contribution in [0.15, 0.2) is 84.0 Å². The number of hydrogen-bond donors (Lipinski definition) is 2. The summed E-state index contributed by atoms with van der Waals surface area (Å²) in [5, 5.41) is 11.2. The van der Waals surface area contributed by atoms with Crippen LogP contribution in [0.4, 0.5) is 5.69 Å². The molecule has 0 saturated heterocycles. The molecule has 0 aliphatic rings. The van der Waals surface area contributed by atoms with Crippen molar-refractivity contribution >= 4 is 45.3 Å². The topological polar surface area (TPSA) is 70.6 Å². The highest BCUT2D eigenvalue weighted by molar-refractivity contribution is 6.13. The van der Waals surface area contributed by atoms with Gasteiger partial charge in [0.2, 0.25) is 5.91 Å². The van der Waals surface area contributed by atoms with Gasteiger partial charge in [-0.05, 0) is 45.8 Å². The molecular formula is C24H19N3O2. The molecule has 2 N–H and O–H groups in total. The highest BCUT2D eigenvalue weighted by Crippen LogP contribution is 2.27. The van der Waals surface area contributed by atoms with E-state index in [-0.39, 0.29) is 11.8 Å². The Labute approximate surface area is 168 Å². The molecule has 0 atom stereocenters. The molecule has 5 nitrogen and oxygen atoms in total. The van der Waals surface area contributed by atoms with Crippen LogP contribution < -0.4 is 10.7 Å². The SMILES string of the molecule is CC(=O)Nc1cccc(C(=O)N/N=C/c2c3ccccc3cc3ccccc23)c1. The zero-order valence-electron chi connectivity index (χ0n) is 15.8. The van der Waals surface area contributed by atoms with Gasteiger partial charge in [-0.25, -0.2) is 5.43 Å². The van der Waals surface area contributed by atoms with Gasteiger partial charge in [0, 0.05) is 23.7 Å². The van der Waals surface area contributed by atoms with Crippen LogP contribution in [0, 0.1) is 0 Å². The molecule has 142 valence electrons. The minimum Gasteiger partial charge on any atom is -0.326 e. The molecule has 4 aromatic rings. The van der Waals surface area contributed by atoms with Gasteiger partial charge in [-0.15, -0.1) is 0 Å². The molecule has 0 spiro atoms. The second-order valence-electron chi connectivity index (χ2n) is 6.69. The summed E-state index contributed by atoms with van der Waals surface area (Å²) < 4.78 is 0. The maximum absolute atomic E-state index is 12.5. The van der Waals surface area contributed by atoms with Gasteiger partial charge in [0.15, 0.2) is 0 Å². The molecular weight excluding hydrogens is 362 g/mol. The lowest BCUT2D eigenvalue weighted by molar-refractivity contribution is -0.114. The number of carbonyl (C=O) groups excluding carboxylic acids is 2. The van der Waals surface area contributed by atoms with E-state index in [1.807, 2.05) is 36.4 Å². The van der Waals surface area contributed by atoms with Crippen molar-refractivity contribution in [2.45, 2.75) is 6.92 Å². The number of amides is 2. The van der Waals surface area contributed by atoms with Gasteiger partial charge < -0.3 is 5.32 Å². The van der Waals surface area contributed by atoms with E-state index in [2.05, 4.69) is 34.0 Å². The van der Waals surface area contributed by atoms with Crippen LogP contribution in [0.1, 0.15) is 22.8 Å². The highest BCUT2D eigenvalue weighted by Gasteiger charge is 2.08. The lowest BCUT2D eigenvalue weighted by Crippen LogP contribution is -2.18. The van der Waals surface area contributed by atoms with Gasteiger partial charge >= 0.3 is 0 Å². The monoisotopic (exact) mass is 381 g/mol. The highest BCUT2D eigenvalue weighted by atomic mass is 16.2. The summed E-state index contributed by atoms with van der Waals surface area (Å²) in [6, 6.07) is 25.0. The number of hydrogen-bond acceptors (Lipinski definition) is 3. The van der Waals surface area contributed by atoms with Crippen molar-refractivity contribution < 1.29 is 9.59 Å². The molecule has 4 aromatic carbocycles. The molecule has 0 aliphatic carbocycles. The van der Waals surface area contributed by atoms with Gasteiger partial charge in [-0.1, -0.05) is 54.6 Å². The van der Waals surface area contributed by atoms with Gasteiger partial charge in [-0.3, -0.25) is 9.59 Å². The van der Waals surface area contributed by atoms with Crippen LogP contribution in [-0.4, -0.2) is 18.0 Å². The van der Waals surface area contributed by atoms with E-state index >= 15 is 0 Å². The van der Waals surface area contributed by atoms with Crippen LogP contribution in [0.5, 0.6) is 0 Å². The quantitative estimate of drug-likeness (QED) is 0.305. The first-order valence-corrected chi connectivity index (χ1v) is 9.23. The molecule has 29 heavy (non-hydrogen) atoms. The fourth-order valence-corrected chi connectivity index (χ4v) is 3.35. The van der Waals surface area contributed by atoms with Gasteiger partial charge in [0.25, 0.3) is 5.91 Å². The molecule has 0 unspecified atom stereocenters. The number of anilines is 1. The Morgan fingerprint density at radius 1 is 0.828 bits per heavy atom. The Morgan fingerprint density at radius 3 is 2.14 bits per heavy atom. The van der Waals surface area contributed by atoms with E-state index in [4.69, 9.17) is 0 Å². The van der Waals surface area contributed by atoms with E-state index < -0.39 is 0 Å². The van der Waals surface area contributed by atoms with Gasteiger partial charge in [0.1, 0.15) is 0 Å². The first-order chi connectivity index (χ1) is 14.1. The zero-order chi connectivity index (χ0) is 20.2. The van der Waals surface area contributed by atoms with Crippen molar-refractivity contribution in [1.82, 2.24) is 5.43 Å². The predicted molar refractivity (Wildman–Crippen MR) is 117 cm³/mol. The van der Waals surface area contributed by atoms with Crippen molar-refractivity contribution in [3.63, 3.8) is 0 Å². The molecule has 0 bridgehead atoms. The molecule has 0 fully saturated rings. The number of carbonyl (C=O) groups is 2. The molecule has 0 aliphatic heterocycles. The summed E-state index contributed by atoms with van der Waals surface area (Å²) >= 11 is 0. The Hall–Kier alpha value is -3.99. The lowest BCUT2D eigenvalue weighted by Gasteiger charge is -2.08. The zero-order valence-corrected chi connectivity index (χ0v) is 15.8. The third-order valence-electron chi connectivity index (χ3n) is 4.62. The molecule has 2 amide bonds. The lowest BCUT2D eigenvalue weighted by atomic mass is 9.97. The molecule has 5 heteroatoms. The largest absolute Gasteiger partial charge is 0.326 e. The van der Waals surface area contributed by atoms with E-state index in [1.165, 1.54) is 6.92 Å². The van der Waals surface area contributed by atoms with Crippen LogP contribution in [0.2, 0.25) is 0 Å². The fraction of sp³-hybridized carbons (Fsp3) is 0.0417.